The Kier molecular flexibility index (Phi) is 17.2. The van der Waals surface area contributed by atoms with E-state index in [9.17, 15) is 0 Å². The van der Waals surface area contributed by atoms with E-state index in [2.05, 4.69) is 56.1 Å². The van der Waals surface area contributed by atoms with Gasteiger partial charge in [-0.25, -0.2) is 0 Å². The standard InChI is InChI=1S/2C5H14N.2ClH/c2*1-5-6(2,3)4;;/h2*5H2,1-4H3;2*1H/q2*+1;;/p-2. The first kappa shape index (κ1) is 24.0. The second kappa shape index (κ2) is 10.0. The minimum absolute atomic E-state index is 0. The molecule has 0 aromatic rings. The van der Waals surface area contributed by atoms with Crippen LogP contribution in [0.5, 0.6) is 0 Å². The van der Waals surface area contributed by atoms with Gasteiger partial charge in [-0.2, -0.15) is 0 Å². The first-order valence-electron chi connectivity index (χ1n) is 4.73. The molecule has 0 aromatic heterocycles. The van der Waals surface area contributed by atoms with E-state index in [-0.39, 0.29) is 24.8 Å². The normalized spacial score (nSPS) is 10.3. The second-order valence-electron chi connectivity index (χ2n) is 5.21. The van der Waals surface area contributed by atoms with E-state index in [1.807, 2.05) is 0 Å². The van der Waals surface area contributed by atoms with Crippen molar-refractivity contribution in [3.8, 4) is 0 Å². The minimum Gasteiger partial charge on any atom is -1.00 e. The molecule has 92 valence electrons. The first-order chi connectivity index (χ1) is 5.12. The molecule has 0 radical (unpaired) electrons. The predicted molar refractivity (Wildman–Crippen MR) is 57.1 cm³/mol. The van der Waals surface area contributed by atoms with Crippen LogP contribution in [0.1, 0.15) is 13.8 Å². The predicted octanol–water partition coefficient (Wildman–Crippen LogP) is -4.57. The van der Waals surface area contributed by atoms with Crippen LogP contribution in [0.4, 0.5) is 0 Å². The fraction of sp³-hybridized carbons (Fsp3) is 1.00. The summed E-state index contributed by atoms with van der Waals surface area (Å²) in [6.45, 7) is 6.78. The molecule has 0 saturated heterocycles. The lowest BCUT2D eigenvalue weighted by atomic mass is 10.6. The Balaban J connectivity index is -0.0000000625. The molecule has 0 rings (SSSR count). The fourth-order valence-electron chi connectivity index (χ4n) is 0. The van der Waals surface area contributed by atoms with Crippen molar-refractivity contribution in [3.05, 3.63) is 0 Å². The molecule has 0 heterocycles. The lowest BCUT2D eigenvalue weighted by Crippen LogP contribution is -3.00. The van der Waals surface area contributed by atoms with Crippen LogP contribution in [0.3, 0.4) is 0 Å². The molecule has 0 bridgehead atoms. The highest BCUT2D eigenvalue weighted by molar-refractivity contribution is 4.07. The zero-order valence-electron chi connectivity index (χ0n) is 11.1. The molecule has 2 nitrogen and oxygen atoms in total. The highest BCUT2D eigenvalue weighted by atomic mass is 35.5. The Labute approximate surface area is 103 Å². The topological polar surface area (TPSA) is 0 Å². The first-order valence-corrected chi connectivity index (χ1v) is 4.73. The van der Waals surface area contributed by atoms with Crippen molar-refractivity contribution in [2.24, 2.45) is 0 Å². The quantitative estimate of drug-likeness (QED) is 0.431. The van der Waals surface area contributed by atoms with Crippen LogP contribution in [0.2, 0.25) is 0 Å². The average molecular weight is 247 g/mol. The van der Waals surface area contributed by atoms with Gasteiger partial charge in [0, 0.05) is 0 Å². The number of nitrogens with zero attached hydrogens (tertiary/aromatic N) is 2. The smallest absolute Gasteiger partial charge is 0.0751 e. The van der Waals surface area contributed by atoms with E-state index in [1.54, 1.807) is 0 Å². The van der Waals surface area contributed by atoms with E-state index in [4.69, 9.17) is 0 Å². The van der Waals surface area contributed by atoms with Gasteiger partial charge in [-0.1, -0.05) is 0 Å². The number of halogens is 2. The van der Waals surface area contributed by atoms with Gasteiger partial charge in [0.25, 0.3) is 0 Å². The third kappa shape index (κ3) is 39.1. The summed E-state index contributed by atoms with van der Waals surface area (Å²) >= 11 is 0. The number of rotatable bonds is 2. The van der Waals surface area contributed by atoms with Crippen molar-refractivity contribution in [2.75, 3.05) is 55.4 Å². The highest BCUT2D eigenvalue weighted by Gasteiger charge is 1.98. The van der Waals surface area contributed by atoms with Crippen LogP contribution >= 0.6 is 0 Å². The van der Waals surface area contributed by atoms with Gasteiger partial charge < -0.3 is 33.8 Å². The molecule has 0 spiro atoms. The Hall–Kier alpha value is 0.500. The van der Waals surface area contributed by atoms with E-state index < -0.39 is 0 Å². The summed E-state index contributed by atoms with van der Waals surface area (Å²) in [7, 11) is 13.1. The monoisotopic (exact) mass is 246 g/mol. The van der Waals surface area contributed by atoms with Gasteiger partial charge in [0.15, 0.2) is 0 Å². The maximum Gasteiger partial charge on any atom is 0.0751 e. The van der Waals surface area contributed by atoms with Gasteiger partial charge in [-0.3, -0.25) is 0 Å². The summed E-state index contributed by atoms with van der Waals surface area (Å²) in [5.41, 5.74) is 0. The van der Waals surface area contributed by atoms with Crippen LogP contribution in [0.15, 0.2) is 0 Å². The van der Waals surface area contributed by atoms with Gasteiger partial charge in [-0.05, 0) is 13.8 Å². The Bertz CT molecular complexity index is 89.7. The number of hydrogen-bond donors (Lipinski definition) is 0. The molecule has 4 heteroatoms. The van der Waals surface area contributed by atoms with Gasteiger partial charge in [0.05, 0.1) is 55.4 Å². The summed E-state index contributed by atoms with van der Waals surface area (Å²) in [6.07, 6.45) is 0. The van der Waals surface area contributed by atoms with Crippen LogP contribution in [-0.4, -0.2) is 64.3 Å². The van der Waals surface area contributed by atoms with Crippen molar-refractivity contribution in [2.45, 2.75) is 13.8 Å². The third-order valence-corrected chi connectivity index (χ3v) is 1.90. The molecule has 0 fully saturated rings. The Morgan fingerprint density at radius 1 is 0.571 bits per heavy atom. The molecule has 0 aliphatic heterocycles. The molecule has 0 saturated carbocycles. The summed E-state index contributed by atoms with van der Waals surface area (Å²) in [5, 5.41) is 0. The molecular weight excluding hydrogens is 219 g/mol. The van der Waals surface area contributed by atoms with Crippen molar-refractivity contribution < 1.29 is 33.8 Å². The molecule has 0 amide bonds. The van der Waals surface area contributed by atoms with Crippen molar-refractivity contribution in [1.82, 2.24) is 0 Å². The summed E-state index contributed by atoms with van der Waals surface area (Å²) in [6, 6.07) is 0. The summed E-state index contributed by atoms with van der Waals surface area (Å²) < 4.78 is 2.14. The van der Waals surface area contributed by atoms with Crippen molar-refractivity contribution in [1.29, 1.82) is 0 Å². The van der Waals surface area contributed by atoms with Crippen LogP contribution in [0.25, 0.3) is 0 Å². The Morgan fingerprint density at radius 3 is 0.643 bits per heavy atom. The van der Waals surface area contributed by atoms with E-state index in [1.165, 1.54) is 13.1 Å². The molecular formula is C10H28Cl2N2. The van der Waals surface area contributed by atoms with Crippen LogP contribution < -0.4 is 24.8 Å². The zero-order valence-corrected chi connectivity index (χ0v) is 12.6. The minimum atomic E-state index is 0. The van der Waals surface area contributed by atoms with E-state index >= 15 is 0 Å². The lowest BCUT2D eigenvalue weighted by molar-refractivity contribution is -0.868. The molecule has 0 aliphatic rings. The molecule has 0 unspecified atom stereocenters. The van der Waals surface area contributed by atoms with Gasteiger partial charge >= 0.3 is 0 Å². The number of quaternary nitrogens is 2. The van der Waals surface area contributed by atoms with Gasteiger partial charge in [0.2, 0.25) is 0 Å². The molecule has 0 aromatic carbocycles. The van der Waals surface area contributed by atoms with Crippen molar-refractivity contribution >= 4 is 0 Å². The van der Waals surface area contributed by atoms with Crippen LogP contribution in [-0.2, 0) is 0 Å². The van der Waals surface area contributed by atoms with Gasteiger partial charge in [-0.15, -0.1) is 0 Å². The largest absolute Gasteiger partial charge is 1.00 e. The van der Waals surface area contributed by atoms with Crippen LogP contribution in [0, 0.1) is 0 Å². The SMILES string of the molecule is CC[N+](C)(C)C.CC[N+](C)(C)C.[Cl-].[Cl-]. The third-order valence-electron chi connectivity index (χ3n) is 1.90. The number of hydrogen-bond acceptors (Lipinski definition) is 0. The maximum atomic E-state index is 2.18. The highest BCUT2D eigenvalue weighted by Crippen LogP contribution is 1.84. The molecule has 0 N–H and O–H groups in total. The summed E-state index contributed by atoms with van der Waals surface area (Å²) in [5.74, 6) is 0. The zero-order chi connectivity index (χ0) is 10.4. The second-order valence-corrected chi connectivity index (χ2v) is 5.21. The van der Waals surface area contributed by atoms with E-state index in [0.717, 1.165) is 8.97 Å². The lowest BCUT2D eigenvalue weighted by Gasteiger charge is -2.20. The molecule has 0 aliphatic carbocycles. The summed E-state index contributed by atoms with van der Waals surface area (Å²) in [4.78, 5) is 0. The molecule has 0 atom stereocenters. The van der Waals surface area contributed by atoms with Gasteiger partial charge in [0.1, 0.15) is 0 Å². The molecule has 14 heavy (non-hydrogen) atoms. The van der Waals surface area contributed by atoms with Crippen molar-refractivity contribution in [3.63, 3.8) is 0 Å². The van der Waals surface area contributed by atoms with E-state index in [0.29, 0.717) is 0 Å². The average Bonchev–Trinajstić information content (AvgIpc) is 1.86. The fourth-order valence-corrected chi connectivity index (χ4v) is 0. The maximum absolute atomic E-state index is 2.18. The Morgan fingerprint density at radius 2 is 0.643 bits per heavy atom.